The van der Waals surface area contributed by atoms with Gasteiger partial charge in [-0.25, -0.2) is 9.67 Å². The van der Waals surface area contributed by atoms with Crippen LogP contribution in [0.1, 0.15) is 4.88 Å². The van der Waals surface area contributed by atoms with Crippen LogP contribution in [0, 0.1) is 0 Å². The number of thiazole rings is 1. The number of anilines is 1. The number of nitrogens with zero attached hydrogens (tertiary/aromatic N) is 6. The van der Waals surface area contributed by atoms with Crippen molar-refractivity contribution in [2.45, 2.75) is 16.6 Å². The number of carbonyl (C=O) groups is 3. The van der Waals surface area contributed by atoms with Gasteiger partial charge in [0.1, 0.15) is 11.4 Å². The number of aromatic nitrogens is 5. The SMILES string of the molecule is Cn1nnnc1SCC1=C(C(=O)[O-])N2C(=O)C(NC(=O)C(=CCl)c3cnc(N)s3)[C@H]2SC1.[Na+]. The summed E-state index contributed by atoms with van der Waals surface area (Å²) >= 11 is 9.47. The number of aryl methyl sites for hydroxylation is 1. The largest absolute Gasteiger partial charge is 1.00 e. The number of halogens is 1. The van der Waals surface area contributed by atoms with Crippen LogP contribution in [-0.2, 0) is 21.4 Å². The van der Waals surface area contributed by atoms with Crippen LogP contribution in [0.3, 0.4) is 0 Å². The maximum absolute atomic E-state index is 12.8. The molecule has 2 aromatic rings. The van der Waals surface area contributed by atoms with E-state index in [4.69, 9.17) is 17.3 Å². The molecule has 0 aliphatic carbocycles. The smallest absolute Gasteiger partial charge is 0.543 e. The number of carbonyl (C=O) groups excluding carboxylic acids is 3. The molecule has 12 nitrogen and oxygen atoms in total. The number of carboxylic acid groups (broad SMARTS) is 1. The average molecular weight is 537 g/mol. The van der Waals surface area contributed by atoms with Gasteiger partial charge in [0.25, 0.3) is 11.8 Å². The van der Waals surface area contributed by atoms with Crippen molar-refractivity contribution in [2.24, 2.45) is 7.05 Å². The van der Waals surface area contributed by atoms with E-state index in [1.165, 1.54) is 34.4 Å². The number of amides is 2. The second-order valence-electron chi connectivity index (χ2n) is 6.56. The molecule has 0 spiro atoms. The maximum atomic E-state index is 12.8. The molecule has 2 aliphatic rings. The molecule has 2 atom stereocenters. The summed E-state index contributed by atoms with van der Waals surface area (Å²) < 4.78 is 1.46. The van der Waals surface area contributed by atoms with Crippen molar-refractivity contribution in [2.75, 3.05) is 17.2 Å². The van der Waals surface area contributed by atoms with Crippen molar-refractivity contribution in [3.8, 4) is 0 Å². The van der Waals surface area contributed by atoms with Crippen LogP contribution in [0.25, 0.3) is 5.57 Å². The molecule has 0 saturated carbocycles. The second kappa shape index (κ2) is 10.8. The summed E-state index contributed by atoms with van der Waals surface area (Å²) in [6, 6.07) is -0.907. The molecule has 168 valence electrons. The zero-order valence-electron chi connectivity index (χ0n) is 17.2. The number of nitrogens with one attached hydrogen (secondary N) is 1. The van der Waals surface area contributed by atoms with E-state index in [-0.39, 0.29) is 51.7 Å². The van der Waals surface area contributed by atoms with E-state index in [1.54, 1.807) is 7.05 Å². The van der Waals surface area contributed by atoms with Crippen molar-refractivity contribution >= 4 is 74.9 Å². The predicted octanol–water partition coefficient (Wildman–Crippen LogP) is -3.97. The van der Waals surface area contributed by atoms with Crippen molar-refractivity contribution in [3.63, 3.8) is 0 Å². The van der Waals surface area contributed by atoms with E-state index in [1.807, 2.05) is 0 Å². The molecular weight excluding hydrogens is 523 g/mol. The first-order chi connectivity index (χ1) is 15.3. The fourth-order valence-electron chi connectivity index (χ4n) is 3.12. The molecule has 2 aromatic heterocycles. The maximum Gasteiger partial charge on any atom is 1.00 e. The first kappa shape index (κ1) is 26.0. The Hall–Kier alpha value is -1.62. The molecule has 4 heterocycles. The summed E-state index contributed by atoms with van der Waals surface area (Å²) in [5, 5.41) is 25.8. The summed E-state index contributed by atoms with van der Waals surface area (Å²) in [4.78, 5) is 42.8. The Bertz CT molecular complexity index is 1170. The molecule has 0 radical (unpaired) electrons. The number of fused-ring (bicyclic) bond motifs is 1. The molecule has 0 bridgehead atoms. The Morgan fingerprint density at radius 2 is 2.24 bits per heavy atom. The number of nitrogens with two attached hydrogens (primary N) is 1. The predicted molar refractivity (Wildman–Crippen MR) is 117 cm³/mol. The summed E-state index contributed by atoms with van der Waals surface area (Å²) in [5.74, 6) is -1.98. The minimum atomic E-state index is -1.46. The molecule has 2 aliphatic heterocycles. The number of hydrogen-bond acceptors (Lipinski definition) is 12. The number of β-lactam (4-membered cyclic amide) rings is 1. The standard InChI is InChI=1S/C16H15ClN8O4S3.Na/c1-24-16(21-22-23-24)31-5-6-4-30-13-9(12(27)25(13)10(6)14(28)29)20-11(26)7(2-17)8-3-19-15(18)32-8;/h2-3,9,13H,4-5H2,1H3,(H2,18,19)(H,20,26)(H,28,29);/q;+1/p-1/t9?,13-;/m1./s1. The third-order valence-electron chi connectivity index (χ3n) is 4.63. The zero-order valence-corrected chi connectivity index (χ0v) is 22.4. The van der Waals surface area contributed by atoms with Gasteiger partial charge >= 0.3 is 29.6 Å². The Balaban J connectivity index is 0.00000306. The molecule has 4 rings (SSSR count). The normalized spacial score (nSPS) is 20.1. The number of nitrogen functional groups attached to an aromatic ring is 1. The van der Waals surface area contributed by atoms with Gasteiger partial charge in [-0.1, -0.05) is 34.7 Å². The van der Waals surface area contributed by atoms with E-state index < -0.39 is 29.2 Å². The molecule has 0 aromatic carbocycles. The number of tetrazole rings is 1. The first-order valence-corrected chi connectivity index (χ1v) is 12.2. The van der Waals surface area contributed by atoms with Crippen LogP contribution in [0.4, 0.5) is 5.13 Å². The molecule has 1 unspecified atom stereocenters. The third kappa shape index (κ3) is 5.08. The van der Waals surface area contributed by atoms with E-state index in [2.05, 4.69) is 25.8 Å². The molecule has 3 N–H and O–H groups in total. The van der Waals surface area contributed by atoms with Gasteiger partial charge in [0.15, 0.2) is 5.13 Å². The van der Waals surface area contributed by atoms with Crippen LogP contribution in [0.5, 0.6) is 0 Å². The van der Waals surface area contributed by atoms with Crippen LogP contribution in [-0.4, -0.2) is 70.8 Å². The average Bonchev–Trinajstić information content (AvgIpc) is 3.37. The quantitative estimate of drug-likeness (QED) is 0.153. The Kier molecular flexibility index (Phi) is 8.47. The van der Waals surface area contributed by atoms with Gasteiger partial charge in [-0.2, -0.15) is 0 Å². The van der Waals surface area contributed by atoms with Gasteiger partial charge < -0.3 is 21.0 Å². The molecule has 2 amide bonds. The van der Waals surface area contributed by atoms with Crippen LogP contribution < -0.4 is 45.7 Å². The molecular formula is C16H14ClN8NaO4S3. The van der Waals surface area contributed by atoms with Crippen molar-refractivity contribution in [1.29, 1.82) is 0 Å². The topological polar surface area (TPSA) is 172 Å². The minimum absolute atomic E-state index is 0. The van der Waals surface area contributed by atoms with E-state index >= 15 is 0 Å². The summed E-state index contributed by atoms with van der Waals surface area (Å²) in [5.41, 5.74) is 7.12. The summed E-state index contributed by atoms with van der Waals surface area (Å²) in [7, 11) is 1.67. The molecule has 1 fully saturated rings. The van der Waals surface area contributed by atoms with Gasteiger partial charge in [-0.05, 0) is 16.0 Å². The van der Waals surface area contributed by atoms with Gasteiger partial charge in [0.05, 0.1) is 22.1 Å². The number of thioether (sulfide) groups is 2. The van der Waals surface area contributed by atoms with Crippen molar-refractivity contribution in [3.05, 3.63) is 27.9 Å². The monoisotopic (exact) mass is 536 g/mol. The first-order valence-electron chi connectivity index (χ1n) is 8.88. The molecule has 33 heavy (non-hydrogen) atoms. The number of hydrogen-bond donors (Lipinski definition) is 2. The van der Waals surface area contributed by atoms with Gasteiger partial charge in [-0.3, -0.25) is 14.5 Å². The van der Waals surface area contributed by atoms with Crippen LogP contribution >= 0.6 is 46.5 Å². The number of rotatable bonds is 7. The zero-order chi connectivity index (χ0) is 23.0. The van der Waals surface area contributed by atoms with Crippen LogP contribution in [0.2, 0.25) is 0 Å². The Labute approximate surface area is 226 Å². The fourth-order valence-corrected chi connectivity index (χ4v) is 6.44. The van der Waals surface area contributed by atoms with Gasteiger partial charge in [0.2, 0.25) is 5.16 Å². The summed E-state index contributed by atoms with van der Waals surface area (Å²) in [6.45, 7) is 0. The van der Waals surface area contributed by atoms with Crippen molar-refractivity contribution in [1.82, 2.24) is 35.4 Å². The Morgan fingerprint density at radius 3 is 2.82 bits per heavy atom. The minimum Gasteiger partial charge on any atom is -0.543 e. The van der Waals surface area contributed by atoms with Crippen LogP contribution in [0.15, 0.2) is 28.2 Å². The second-order valence-corrected chi connectivity index (χ2v) is 9.89. The van der Waals surface area contributed by atoms with E-state index in [0.717, 1.165) is 21.8 Å². The molecule has 1 saturated heterocycles. The number of carboxylic acids is 1. The van der Waals surface area contributed by atoms with Gasteiger partial charge in [0, 0.05) is 30.3 Å². The van der Waals surface area contributed by atoms with Crippen molar-refractivity contribution < 1.29 is 49.0 Å². The van der Waals surface area contributed by atoms with Gasteiger partial charge in [-0.15, -0.1) is 16.9 Å². The summed E-state index contributed by atoms with van der Waals surface area (Å²) in [6.07, 6.45) is 1.41. The van der Waals surface area contributed by atoms with E-state index in [9.17, 15) is 19.5 Å². The fraction of sp³-hybridized carbons (Fsp3) is 0.312. The van der Waals surface area contributed by atoms with E-state index in [0.29, 0.717) is 21.4 Å². The Morgan fingerprint density at radius 1 is 1.48 bits per heavy atom. The number of aliphatic carboxylic acids is 1. The third-order valence-corrected chi connectivity index (χ3v) is 8.14. The molecule has 17 heteroatoms.